The molecule has 3 aromatic rings. The first-order chi connectivity index (χ1) is 13.2. The minimum Gasteiger partial charge on any atom is -0.350 e. The van der Waals surface area contributed by atoms with Crippen LogP contribution in [0.25, 0.3) is 0 Å². The highest BCUT2D eigenvalue weighted by Gasteiger charge is 2.24. The molecule has 0 saturated heterocycles. The Hall–Kier alpha value is -3.21. The van der Waals surface area contributed by atoms with Gasteiger partial charge in [0.25, 0.3) is 5.91 Å². The summed E-state index contributed by atoms with van der Waals surface area (Å²) >= 11 is 0. The van der Waals surface area contributed by atoms with Gasteiger partial charge in [0.15, 0.2) is 0 Å². The maximum absolute atomic E-state index is 13.1. The summed E-state index contributed by atoms with van der Waals surface area (Å²) in [5, 5.41) is 3.23. The number of carbonyl (C=O) groups is 1. The van der Waals surface area contributed by atoms with Crippen LogP contribution >= 0.6 is 0 Å². The van der Waals surface area contributed by atoms with Gasteiger partial charge in [-0.2, -0.15) is 0 Å². The highest BCUT2D eigenvalue weighted by atomic mass is 16.2. The molecule has 136 valence electrons. The third kappa shape index (κ3) is 3.67. The van der Waals surface area contributed by atoms with Gasteiger partial charge in [-0.05, 0) is 48.6 Å². The summed E-state index contributed by atoms with van der Waals surface area (Å²) in [6.07, 6.45) is 3.61. The fourth-order valence-electron chi connectivity index (χ4n) is 3.43. The topological polar surface area (TPSA) is 58.1 Å². The minimum atomic E-state index is -0.0801. The number of hydrogen-bond acceptors (Lipinski definition) is 4. The summed E-state index contributed by atoms with van der Waals surface area (Å²) in [6.45, 7) is 3.41. The second kappa shape index (κ2) is 7.58. The van der Waals surface area contributed by atoms with E-state index in [9.17, 15) is 4.79 Å². The van der Waals surface area contributed by atoms with Crippen LogP contribution in [0.1, 0.15) is 33.6 Å². The van der Waals surface area contributed by atoms with E-state index in [2.05, 4.69) is 40.4 Å². The van der Waals surface area contributed by atoms with Crippen molar-refractivity contribution in [3.05, 3.63) is 83.2 Å². The second-order valence-electron chi connectivity index (χ2n) is 6.73. The molecule has 0 saturated carbocycles. The molecule has 1 amide bonds. The Morgan fingerprint density at radius 3 is 2.81 bits per heavy atom. The van der Waals surface area contributed by atoms with Gasteiger partial charge in [-0.1, -0.05) is 42.5 Å². The molecule has 5 heteroatoms. The van der Waals surface area contributed by atoms with Gasteiger partial charge in [0, 0.05) is 25.0 Å². The summed E-state index contributed by atoms with van der Waals surface area (Å²) in [5.41, 5.74) is 5.00. The molecule has 0 spiro atoms. The Bertz CT molecular complexity index is 970. The second-order valence-corrected chi connectivity index (χ2v) is 6.73. The molecule has 5 nitrogen and oxygen atoms in total. The number of para-hydroxylation sites is 1. The number of rotatable bonds is 4. The number of anilines is 2. The van der Waals surface area contributed by atoms with Crippen LogP contribution in [0.2, 0.25) is 0 Å². The van der Waals surface area contributed by atoms with E-state index in [0.717, 1.165) is 18.5 Å². The van der Waals surface area contributed by atoms with Crippen molar-refractivity contribution in [3.8, 4) is 0 Å². The van der Waals surface area contributed by atoms with Crippen LogP contribution in [0, 0.1) is 6.92 Å². The third-order valence-corrected chi connectivity index (χ3v) is 4.93. The highest BCUT2D eigenvalue weighted by molar-refractivity contribution is 6.05. The lowest BCUT2D eigenvalue weighted by molar-refractivity contribution is 0.0980. The fourth-order valence-corrected chi connectivity index (χ4v) is 3.43. The Labute approximate surface area is 159 Å². The van der Waals surface area contributed by atoms with Crippen molar-refractivity contribution in [2.24, 2.45) is 0 Å². The number of aryl methyl sites for hydroxylation is 2. The first-order valence-electron chi connectivity index (χ1n) is 9.23. The summed E-state index contributed by atoms with van der Waals surface area (Å²) in [7, 11) is 0. The molecule has 0 bridgehead atoms. The standard InChI is InChI=1S/C22H22N4O/c1-16-7-2-3-9-18(16)15-24-22-23-13-12-19(25-22)21(27)26-14-6-10-17-8-4-5-11-20(17)26/h2-5,7-9,11-13H,6,10,14-15H2,1H3,(H,23,24,25). The molecule has 1 N–H and O–H groups in total. The molecule has 1 aliphatic heterocycles. The predicted octanol–water partition coefficient (Wildman–Crippen LogP) is 3.99. The Morgan fingerprint density at radius 1 is 1.11 bits per heavy atom. The number of aromatic nitrogens is 2. The largest absolute Gasteiger partial charge is 0.350 e. The van der Waals surface area contributed by atoms with Crippen LogP contribution in [-0.2, 0) is 13.0 Å². The Balaban J connectivity index is 1.53. The monoisotopic (exact) mass is 358 g/mol. The lowest BCUT2D eigenvalue weighted by atomic mass is 10.0. The van der Waals surface area contributed by atoms with Crippen molar-refractivity contribution in [1.29, 1.82) is 0 Å². The van der Waals surface area contributed by atoms with Gasteiger partial charge in [0.1, 0.15) is 5.69 Å². The minimum absolute atomic E-state index is 0.0801. The first-order valence-corrected chi connectivity index (χ1v) is 9.23. The number of amides is 1. The molecule has 1 aromatic heterocycles. The summed E-state index contributed by atoms with van der Waals surface area (Å²) < 4.78 is 0. The number of benzene rings is 2. The molecule has 0 radical (unpaired) electrons. The zero-order valence-corrected chi connectivity index (χ0v) is 15.4. The van der Waals surface area contributed by atoms with Crippen LogP contribution in [0.4, 0.5) is 11.6 Å². The van der Waals surface area contributed by atoms with Gasteiger partial charge in [0.2, 0.25) is 5.95 Å². The predicted molar refractivity (Wildman–Crippen MR) is 107 cm³/mol. The van der Waals surface area contributed by atoms with E-state index in [-0.39, 0.29) is 5.91 Å². The van der Waals surface area contributed by atoms with Crippen LogP contribution in [0.5, 0.6) is 0 Å². The van der Waals surface area contributed by atoms with Gasteiger partial charge in [-0.3, -0.25) is 4.79 Å². The van der Waals surface area contributed by atoms with E-state index in [1.54, 1.807) is 12.3 Å². The van der Waals surface area contributed by atoms with Gasteiger partial charge >= 0.3 is 0 Å². The zero-order chi connectivity index (χ0) is 18.6. The van der Waals surface area contributed by atoms with Crippen molar-refractivity contribution in [2.75, 3.05) is 16.8 Å². The van der Waals surface area contributed by atoms with Crippen molar-refractivity contribution in [2.45, 2.75) is 26.3 Å². The number of fused-ring (bicyclic) bond motifs is 1. The van der Waals surface area contributed by atoms with Gasteiger partial charge in [-0.25, -0.2) is 9.97 Å². The summed E-state index contributed by atoms with van der Waals surface area (Å²) in [4.78, 5) is 23.6. The van der Waals surface area contributed by atoms with Crippen LogP contribution in [0.3, 0.4) is 0 Å². The molecule has 0 fully saturated rings. The van der Waals surface area contributed by atoms with Gasteiger partial charge < -0.3 is 10.2 Å². The molecule has 0 aliphatic carbocycles. The number of hydrogen-bond donors (Lipinski definition) is 1. The maximum Gasteiger partial charge on any atom is 0.277 e. The van der Waals surface area contributed by atoms with E-state index >= 15 is 0 Å². The molecule has 27 heavy (non-hydrogen) atoms. The Morgan fingerprint density at radius 2 is 1.93 bits per heavy atom. The molecule has 2 aromatic carbocycles. The maximum atomic E-state index is 13.1. The summed E-state index contributed by atoms with van der Waals surface area (Å²) in [6, 6.07) is 17.9. The average Bonchev–Trinajstić information content (AvgIpc) is 2.72. The van der Waals surface area contributed by atoms with Crippen molar-refractivity contribution >= 4 is 17.5 Å². The first kappa shape index (κ1) is 17.2. The SMILES string of the molecule is Cc1ccccc1CNc1nccc(C(=O)N2CCCc3ccccc32)n1. The van der Waals surface area contributed by atoms with Crippen molar-refractivity contribution in [1.82, 2.24) is 9.97 Å². The highest BCUT2D eigenvalue weighted by Crippen LogP contribution is 2.27. The smallest absolute Gasteiger partial charge is 0.277 e. The average molecular weight is 358 g/mol. The van der Waals surface area contributed by atoms with Crippen molar-refractivity contribution in [3.63, 3.8) is 0 Å². The molecule has 2 heterocycles. The molecular weight excluding hydrogens is 336 g/mol. The molecule has 1 aliphatic rings. The van der Waals surface area contributed by atoms with E-state index < -0.39 is 0 Å². The van der Waals surface area contributed by atoms with Gasteiger partial charge in [0.05, 0.1) is 0 Å². The molecular formula is C22H22N4O. The zero-order valence-electron chi connectivity index (χ0n) is 15.4. The lowest BCUT2D eigenvalue weighted by Crippen LogP contribution is -2.36. The molecule has 0 unspecified atom stereocenters. The normalized spacial score (nSPS) is 13.1. The van der Waals surface area contributed by atoms with E-state index in [1.807, 2.05) is 35.2 Å². The van der Waals surface area contributed by atoms with Gasteiger partial charge in [-0.15, -0.1) is 0 Å². The number of carbonyl (C=O) groups excluding carboxylic acids is 1. The van der Waals surface area contributed by atoms with E-state index in [4.69, 9.17) is 0 Å². The van der Waals surface area contributed by atoms with Crippen LogP contribution < -0.4 is 10.2 Å². The lowest BCUT2D eigenvalue weighted by Gasteiger charge is -2.29. The molecule has 4 rings (SSSR count). The molecule has 0 atom stereocenters. The van der Waals surface area contributed by atoms with Crippen molar-refractivity contribution < 1.29 is 4.79 Å². The summed E-state index contributed by atoms with van der Waals surface area (Å²) in [5.74, 6) is 0.387. The van der Waals surface area contributed by atoms with Crippen LogP contribution in [0.15, 0.2) is 60.8 Å². The Kier molecular flexibility index (Phi) is 4.83. The number of nitrogens with one attached hydrogen (secondary N) is 1. The van der Waals surface area contributed by atoms with E-state index in [0.29, 0.717) is 24.7 Å². The quantitative estimate of drug-likeness (QED) is 0.766. The number of nitrogens with zero attached hydrogens (tertiary/aromatic N) is 3. The van der Waals surface area contributed by atoms with E-state index in [1.165, 1.54) is 16.7 Å². The third-order valence-electron chi connectivity index (χ3n) is 4.93. The fraction of sp³-hybridized carbons (Fsp3) is 0.227. The van der Waals surface area contributed by atoms with Crippen LogP contribution in [-0.4, -0.2) is 22.4 Å².